The Bertz CT molecular complexity index is 973. The van der Waals surface area contributed by atoms with Crippen molar-refractivity contribution >= 4 is 28.9 Å². The lowest BCUT2D eigenvalue weighted by molar-refractivity contribution is -0.117. The summed E-state index contributed by atoms with van der Waals surface area (Å²) >= 11 is 0. The fraction of sp³-hybridized carbons (Fsp3) is 0.481. The summed E-state index contributed by atoms with van der Waals surface area (Å²) in [6, 6.07) is 16.3. The molecule has 1 saturated carbocycles. The second-order valence-electron chi connectivity index (χ2n) is 9.51. The zero-order valence-corrected chi connectivity index (χ0v) is 19.3. The molecule has 2 aromatic carbocycles. The first-order valence-electron chi connectivity index (χ1n) is 12.5. The van der Waals surface area contributed by atoms with E-state index < -0.39 is 0 Å². The molecule has 1 N–H and O–H groups in total. The Labute approximate surface area is 196 Å². The number of hydrogen-bond donors (Lipinski definition) is 1. The van der Waals surface area contributed by atoms with Crippen LogP contribution in [0.15, 0.2) is 48.5 Å². The predicted octanol–water partition coefficient (Wildman–Crippen LogP) is 4.38. The number of carbonyl (C=O) groups excluding carboxylic acids is 2. The molecule has 5 rings (SSSR count). The molecule has 1 aliphatic carbocycles. The molecule has 0 radical (unpaired) electrons. The Morgan fingerprint density at radius 2 is 1.45 bits per heavy atom. The van der Waals surface area contributed by atoms with Crippen molar-refractivity contribution in [1.82, 2.24) is 4.90 Å². The number of nitrogens with one attached hydrogen (secondary N) is 1. The van der Waals surface area contributed by atoms with Crippen LogP contribution in [0.4, 0.5) is 17.1 Å². The minimum atomic E-state index is 0.0991. The first kappa shape index (κ1) is 21.8. The molecule has 6 nitrogen and oxygen atoms in total. The van der Waals surface area contributed by atoms with E-state index in [1.165, 1.54) is 18.5 Å². The van der Waals surface area contributed by atoms with Gasteiger partial charge in [-0.3, -0.25) is 9.59 Å². The highest BCUT2D eigenvalue weighted by Gasteiger charge is 2.30. The monoisotopic (exact) mass is 446 g/mol. The maximum Gasteiger partial charge on any atom is 0.256 e. The van der Waals surface area contributed by atoms with Crippen LogP contribution < -0.4 is 15.1 Å². The van der Waals surface area contributed by atoms with E-state index in [1.807, 2.05) is 29.2 Å². The van der Waals surface area contributed by atoms with E-state index in [2.05, 4.69) is 39.4 Å². The fourth-order valence-electron chi connectivity index (χ4n) is 4.93. The van der Waals surface area contributed by atoms with Crippen molar-refractivity contribution in [3.05, 3.63) is 54.1 Å². The number of hydrogen-bond acceptors (Lipinski definition) is 4. The summed E-state index contributed by atoms with van der Waals surface area (Å²) < 4.78 is 0. The van der Waals surface area contributed by atoms with Gasteiger partial charge in [0.15, 0.2) is 0 Å². The molecule has 2 heterocycles. The lowest BCUT2D eigenvalue weighted by Crippen LogP contribution is -2.49. The van der Waals surface area contributed by atoms with Crippen LogP contribution in [-0.2, 0) is 4.79 Å². The van der Waals surface area contributed by atoms with Crippen molar-refractivity contribution in [2.45, 2.75) is 38.5 Å². The molecule has 0 unspecified atom stereocenters. The Morgan fingerprint density at radius 1 is 0.758 bits per heavy atom. The summed E-state index contributed by atoms with van der Waals surface area (Å²) in [7, 11) is 0. The van der Waals surface area contributed by atoms with Crippen LogP contribution >= 0.6 is 0 Å². The lowest BCUT2D eigenvalue weighted by Gasteiger charge is -2.37. The fourth-order valence-corrected chi connectivity index (χ4v) is 4.93. The summed E-state index contributed by atoms with van der Waals surface area (Å²) in [5.74, 6) is 0.365. The van der Waals surface area contributed by atoms with Gasteiger partial charge in [0.1, 0.15) is 0 Å². The summed E-state index contributed by atoms with van der Waals surface area (Å²) in [4.78, 5) is 32.6. The van der Waals surface area contributed by atoms with Crippen LogP contribution in [0.5, 0.6) is 0 Å². The molecule has 3 fully saturated rings. The molecule has 33 heavy (non-hydrogen) atoms. The summed E-state index contributed by atoms with van der Waals surface area (Å²) in [6.07, 6.45) is 6.72. The molecule has 0 spiro atoms. The Balaban J connectivity index is 1.34. The summed E-state index contributed by atoms with van der Waals surface area (Å²) in [5.41, 5.74) is 3.75. The largest absolute Gasteiger partial charge is 0.371 e. The smallest absolute Gasteiger partial charge is 0.256 e. The third-order valence-electron chi connectivity index (χ3n) is 7.08. The highest BCUT2D eigenvalue weighted by molar-refractivity contribution is 6.02. The zero-order chi connectivity index (χ0) is 22.6. The van der Waals surface area contributed by atoms with E-state index in [9.17, 15) is 9.59 Å². The Kier molecular flexibility index (Phi) is 6.51. The third kappa shape index (κ3) is 5.15. The third-order valence-corrected chi connectivity index (χ3v) is 7.08. The first-order valence-corrected chi connectivity index (χ1v) is 12.5. The number of para-hydroxylation sites is 1. The summed E-state index contributed by atoms with van der Waals surface area (Å²) in [5, 5.41) is 3.07. The molecule has 0 atom stereocenters. The normalized spacial score (nSPS) is 19.2. The standard InChI is InChI=1S/C27H34N4O2/c32-26(21-10-11-21)28-22-12-13-24(25(20-22)30-14-6-1-2-7-15-30)27(33)31-18-16-29(17-19-31)23-8-4-3-5-9-23/h3-5,8-9,12-13,20-21H,1-2,6-7,10-11,14-19H2,(H,28,32). The topological polar surface area (TPSA) is 55.9 Å². The highest BCUT2D eigenvalue weighted by Crippen LogP contribution is 2.32. The average molecular weight is 447 g/mol. The molecule has 0 bridgehead atoms. The minimum Gasteiger partial charge on any atom is -0.371 e. The van der Waals surface area contributed by atoms with Gasteiger partial charge in [-0.05, 0) is 56.0 Å². The maximum atomic E-state index is 13.6. The minimum absolute atomic E-state index is 0.0991. The van der Waals surface area contributed by atoms with Gasteiger partial charge < -0.3 is 20.0 Å². The van der Waals surface area contributed by atoms with Gasteiger partial charge in [-0.2, -0.15) is 0 Å². The van der Waals surface area contributed by atoms with Crippen molar-refractivity contribution in [1.29, 1.82) is 0 Å². The van der Waals surface area contributed by atoms with E-state index in [1.54, 1.807) is 0 Å². The second kappa shape index (κ2) is 9.86. The maximum absolute atomic E-state index is 13.6. The van der Waals surface area contributed by atoms with E-state index in [4.69, 9.17) is 0 Å². The van der Waals surface area contributed by atoms with Crippen molar-refractivity contribution in [2.24, 2.45) is 5.92 Å². The highest BCUT2D eigenvalue weighted by atomic mass is 16.2. The molecular formula is C27H34N4O2. The van der Waals surface area contributed by atoms with E-state index in [-0.39, 0.29) is 17.7 Å². The van der Waals surface area contributed by atoms with E-state index in [0.29, 0.717) is 13.1 Å². The molecule has 3 aliphatic rings. The van der Waals surface area contributed by atoms with Crippen LogP contribution in [-0.4, -0.2) is 56.0 Å². The predicted molar refractivity (Wildman–Crippen MR) is 133 cm³/mol. The van der Waals surface area contributed by atoms with Crippen molar-refractivity contribution in [3.8, 4) is 0 Å². The van der Waals surface area contributed by atoms with Gasteiger partial charge in [0.2, 0.25) is 5.91 Å². The molecule has 2 saturated heterocycles. The molecule has 174 valence electrons. The zero-order valence-electron chi connectivity index (χ0n) is 19.3. The van der Waals surface area contributed by atoms with Crippen molar-refractivity contribution in [3.63, 3.8) is 0 Å². The Hall–Kier alpha value is -3.02. The van der Waals surface area contributed by atoms with Gasteiger partial charge in [-0.15, -0.1) is 0 Å². The number of rotatable bonds is 5. The molecule has 2 aromatic rings. The van der Waals surface area contributed by atoms with Crippen molar-refractivity contribution < 1.29 is 9.59 Å². The molecule has 2 amide bonds. The van der Waals surface area contributed by atoms with Crippen LogP contribution in [0.1, 0.15) is 48.9 Å². The van der Waals surface area contributed by atoms with Crippen LogP contribution in [0.3, 0.4) is 0 Å². The number of benzene rings is 2. The van der Waals surface area contributed by atoms with Gasteiger partial charge in [-0.25, -0.2) is 0 Å². The number of carbonyl (C=O) groups is 2. The van der Waals surface area contributed by atoms with Crippen molar-refractivity contribution in [2.75, 3.05) is 54.4 Å². The van der Waals surface area contributed by atoms with Crippen LogP contribution in [0, 0.1) is 5.92 Å². The number of amides is 2. The molecular weight excluding hydrogens is 412 g/mol. The quantitative estimate of drug-likeness (QED) is 0.741. The molecule has 6 heteroatoms. The molecule has 2 aliphatic heterocycles. The lowest BCUT2D eigenvalue weighted by atomic mass is 10.1. The van der Waals surface area contributed by atoms with Gasteiger partial charge in [-0.1, -0.05) is 31.0 Å². The number of nitrogens with zero attached hydrogens (tertiary/aromatic N) is 3. The Morgan fingerprint density at radius 3 is 2.12 bits per heavy atom. The molecule has 0 aromatic heterocycles. The van der Waals surface area contributed by atoms with E-state index in [0.717, 1.165) is 68.8 Å². The van der Waals surface area contributed by atoms with Crippen LogP contribution in [0.25, 0.3) is 0 Å². The van der Waals surface area contributed by atoms with Crippen LogP contribution in [0.2, 0.25) is 0 Å². The SMILES string of the molecule is O=C(Nc1ccc(C(=O)N2CCN(c3ccccc3)CC2)c(N2CCCCCC2)c1)C1CC1. The average Bonchev–Trinajstić information content (AvgIpc) is 3.72. The van der Waals surface area contributed by atoms with Gasteiger partial charge in [0, 0.05) is 56.6 Å². The second-order valence-corrected chi connectivity index (χ2v) is 9.51. The van der Waals surface area contributed by atoms with Gasteiger partial charge in [0.05, 0.1) is 11.3 Å². The number of piperazine rings is 1. The van der Waals surface area contributed by atoms with Gasteiger partial charge >= 0.3 is 0 Å². The summed E-state index contributed by atoms with van der Waals surface area (Å²) in [6.45, 7) is 5.03. The van der Waals surface area contributed by atoms with E-state index >= 15 is 0 Å². The number of anilines is 3. The first-order chi connectivity index (χ1) is 16.2. The van der Waals surface area contributed by atoms with Gasteiger partial charge in [0.25, 0.3) is 5.91 Å².